The van der Waals surface area contributed by atoms with Crippen LogP contribution >= 0.6 is 15.9 Å². The minimum absolute atomic E-state index is 0.156. The van der Waals surface area contributed by atoms with E-state index in [4.69, 9.17) is 0 Å². The molecule has 1 aromatic carbocycles. The Labute approximate surface area is 84.4 Å². The van der Waals surface area contributed by atoms with Crippen LogP contribution in [0.25, 0.3) is 6.08 Å². The predicted octanol–water partition coefficient (Wildman–Crippen LogP) is 3.27. The Kier molecular flexibility index (Phi) is 3.19. The van der Waals surface area contributed by atoms with E-state index in [2.05, 4.69) is 15.9 Å². The summed E-state index contributed by atoms with van der Waals surface area (Å²) in [6, 6.07) is 5.01. The van der Waals surface area contributed by atoms with E-state index in [1.807, 2.05) is 6.07 Å². The van der Waals surface area contributed by atoms with Gasteiger partial charge in [-0.05, 0) is 23.5 Å². The summed E-state index contributed by atoms with van der Waals surface area (Å²) in [6.07, 6.45) is 1.78. The molecule has 13 heavy (non-hydrogen) atoms. The first-order chi connectivity index (χ1) is 6.16. The third-order valence-electron chi connectivity index (χ3n) is 1.79. The van der Waals surface area contributed by atoms with Crippen molar-refractivity contribution in [2.24, 2.45) is 0 Å². The van der Waals surface area contributed by atoms with Gasteiger partial charge in [0.15, 0.2) is 0 Å². The Balaban J connectivity index is 3.26. The van der Waals surface area contributed by atoms with Crippen molar-refractivity contribution in [3.8, 4) is 0 Å². The average Bonchev–Trinajstić information content (AvgIpc) is 2.08. The van der Waals surface area contributed by atoms with Crippen molar-refractivity contribution in [2.45, 2.75) is 6.92 Å². The van der Waals surface area contributed by atoms with Gasteiger partial charge in [-0.25, -0.2) is 0 Å². The number of hydrogen-bond acceptors (Lipinski definition) is 2. The van der Waals surface area contributed by atoms with E-state index in [0.29, 0.717) is 5.56 Å². The monoisotopic (exact) mass is 241 g/mol. The molecule has 0 N–H and O–H groups in total. The smallest absolute Gasteiger partial charge is 0.258 e. The standard InChI is InChI=1S/C9H8BrNO2/c1-7-8(5-6-10)3-2-4-9(7)11(12)13/h2-6H,1H3/b6-5+. The van der Waals surface area contributed by atoms with Gasteiger partial charge < -0.3 is 0 Å². The van der Waals surface area contributed by atoms with E-state index in [9.17, 15) is 10.1 Å². The van der Waals surface area contributed by atoms with E-state index in [1.54, 1.807) is 24.1 Å². The zero-order valence-electron chi connectivity index (χ0n) is 7.03. The third kappa shape index (κ3) is 2.15. The fourth-order valence-electron chi connectivity index (χ4n) is 1.09. The van der Waals surface area contributed by atoms with Gasteiger partial charge in [0.25, 0.3) is 5.69 Å². The highest BCUT2D eigenvalue weighted by Gasteiger charge is 2.10. The number of nitro groups is 1. The maximum absolute atomic E-state index is 10.5. The molecular weight excluding hydrogens is 234 g/mol. The molecule has 0 aliphatic rings. The van der Waals surface area contributed by atoms with Gasteiger partial charge in [0.1, 0.15) is 0 Å². The zero-order chi connectivity index (χ0) is 9.84. The van der Waals surface area contributed by atoms with Crippen LogP contribution in [0.5, 0.6) is 0 Å². The average molecular weight is 242 g/mol. The number of nitrogens with zero attached hydrogens (tertiary/aromatic N) is 1. The van der Waals surface area contributed by atoms with Crippen LogP contribution < -0.4 is 0 Å². The van der Waals surface area contributed by atoms with Gasteiger partial charge in [-0.2, -0.15) is 0 Å². The summed E-state index contributed by atoms with van der Waals surface area (Å²) in [5.74, 6) is 0. The van der Waals surface area contributed by atoms with Crippen LogP contribution in [0.1, 0.15) is 11.1 Å². The van der Waals surface area contributed by atoms with Crippen LogP contribution in [0.3, 0.4) is 0 Å². The SMILES string of the molecule is Cc1c(/C=C/Br)cccc1[N+](=O)[O-]. The molecule has 1 aromatic rings. The Morgan fingerprint density at radius 2 is 2.23 bits per heavy atom. The van der Waals surface area contributed by atoms with Crippen molar-refractivity contribution in [3.63, 3.8) is 0 Å². The van der Waals surface area contributed by atoms with Gasteiger partial charge in [-0.15, -0.1) is 0 Å². The first-order valence-corrected chi connectivity index (χ1v) is 4.59. The normalized spacial score (nSPS) is 10.6. The molecule has 0 heterocycles. The fourth-order valence-corrected chi connectivity index (χ4v) is 1.37. The van der Waals surface area contributed by atoms with Crippen LogP contribution in [-0.4, -0.2) is 4.92 Å². The van der Waals surface area contributed by atoms with Crippen LogP contribution in [0.2, 0.25) is 0 Å². The predicted molar refractivity (Wildman–Crippen MR) is 55.8 cm³/mol. The van der Waals surface area contributed by atoms with E-state index in [1.165, 1.54) is 6.07 Å². The van der Waals surface area contributed by atoms with Crippen molar-refractivity contribution >= 4 is 27.7 Å². The quantitative estimate of drug-likeness (QED) is 0.590. The number of rotatable bonds is 2. The number of nitro benzene ring substituents is 1. The summed E-state index contributed by atoms with van der Waals surface area (Å²) < 4.78 is 0. The van der Waals surface area contributed by atoms with Gasteiger partial charge >= 0.3 is 0 Å². The second kappa shape index (κ2) is 4.18. The molecule has 0 amide bonds. The molecule has 0 unspecified atom stereocenters. The summed E-state index contributed by atoms with van der Waals surface area (Å²) in [7, 11) is 0. The molecular formula is C9H8BrNO2. The first kappa shape index (κ1) is 9.92. The molecule has 4 heteroatoms. The van der Waals surface area contributed by atoms with Gasteiger partial charge in [-0.3, -0.25) is 10.1 Å². The van der Waals surface area contributed by atoms with E-state index in [0.717, 1.165) is 5.56 Å². The summed E-state index contributed by atoms with van der Waals surface area (Å²) in [5.41, 5.74) is 1.69. The maximum atomic E-state index is 10.5. The molecule has 0 spiro atoms. The number of benzene rings is 1. The van der Waals surface area contributed by atoms with Crippen LogP contribution in [0, 0.1) is 17.0 Å². The lowest BCUT2D eigenvalue weighted by molar-refractivity contribution is -0.385. The largest absolute Gasteiger partial charge is 0.272 e. The molecule has 0 saturated heterocycles. The second-order valence-electron chi connectivity index (χ2n) is 2.54. The Morgan fingerprint density at radius 1 is 1.54 bits per heavy atom. The van der Waals surface area contributed by atoms with Gasteiger partial charge in [0.2, 0.25) is 0 Å². The van der Waals surface area contributed by atoms with E-state index < -0.39 is 0 Å². The fraction of sp³-hybridized carbons (Fsp3) is 0.111. The summed E-state index contributed by atoms with van der Waals surface area (Å²) >= 11 is 3.13. The highest BCUT2D eigenvalue weighted by molar-refractivity contribution is 9.11. The van der Waals surface area contributed by atoms with Crippen LogP contribution in [0.15, 0.2) is 23.2 Å². The maximum Gasteiger partial charge on any atom is 0.272 e. The number of halogens is 1. The Morgan fingerprint density at radius 3 is 2.77 bits per heavy atom. The lowest BCUT2D eigenvalue weighted by atomic mass is 10.1. The third-order valence-corrected chi connectivity index (χ3v) is 2.05. The molecule has 0 fully saturated rings. The molecule has 0 bridgehead atoms. The Hall–Kier alpha value is -1.16. The molecule has 68 valence electrons. The zero-order valence-corrected chi connectivity index (χ0v) is 8.61. The summed E-state index contributed by atoms with van der Waals surface area (Å²) in [4.78, 5) is 11.9. The topological polar surface area (TPSA) is 43.1 Å². The van der Waals surface area contributed by atoms with Crippen molar-refractivity contribution in [2.75, 3.05) is 0 Å². The summed E-state index contributed by atoms with van der Waals surface area (Å²) in [5, 5.41) is 10.5. The number of hydrogen-bond donors (Lipinski definition) is 0. The lowest BCUT2D eigenvalue weighted by Gasteiger charge is -1.99. The lowest BCUT2D eigenvalue weighted by Crippen LogP contribution is -1.92. The molecule has 3 nitrogen and oxygen atoms in total. The van der Waals surface area contributed by atoms with Crippen LogP contribution in [0.4, 0.5) is 5.69 Å². The second-order valence-corrected chi connectivity index (χ2v) is 3.07. The van der Waals surface area contributed by atoms with E-state index >= 15 is 0 Å². The minimum atomic E-state index is -0.374. The van der Waals surface area contributed by atoms with Gasteiger partial charge in [0.05, 0.1) is 4.92 Å². The molecule has 0 aromatic heterocycles. The Bertz CT molecular complexity index is 361. The van der Waals surface area contributed by atoms with Crippen LogP contribution in [-0.2, 0) is 0 Å². The van der Waals surface area contributed by atoms with Gasteiger partial charge in [-0.1, -0.05) is 28.1 Å². The molecule has 0 aliphatic heterocycles. The summed E-state index contributed by atoms with van der Waals surface area (Å²) in [6.45, 7) is 1.74. The molecule has 0 radical (unpaired) electrons. The van der Waals surface area contributed by atoms with Gasteiger partial charge in [0, 0.05) is 11.6 Å². The molecule has 0 aliphatic carbocycles. The van der Waals surface area contributed by atoms with Crippen molar-refractivity contribution in [1.29, 1.82) is 0 Å². The highest BCUT2D eigenvalue weighted by Crippen LogP contribution is 2.22. The highest BCUT2D eigenvalue weighted by atomic mass is 79.9. The molecule has 1 rings (SSSR count). The van der Waals surface area contributed by atoms with Crippen molar-refractivity contribution < 1.29 is 4.92 Å². The van der Waals surface area contributed by atoms with Crippen molar-refractivity contribution in [1.82, 2.24) is 0 Å². The van der Waals surface area contributed by atoms with Crippen molar-refractivity contribution in [3.05, 3.63) is 44.4 Å². The minimum Gasteiger partial charge on any atom is -0.258 e. The molecule has 0 saturated carbocycles. The first-order valence-electron chi connectivity index (χ1n) is 3.67. The van der Waals surface area contributed by atoms with E-state index in [-0.39, 0.29) is 10.6 Å². The molecule has 0 atom stereocenters.